The van der Waals surface area contributed by atoms with Gasteiger partial charge in [0.15, 0.2) is 5.60 Å². The van der Waals surface area contributed by atoms with E-state index in [0.717, 1.165) is 16.7 Å². The molecule has 29 heavy (non-hydrogen) atoms. The minimum absolute atomic E-state index is 0.269. The standard InChI is InChI=1S/C21H22ClN3O4/c1-13-9-15(10-14(2)18(13)29-21(3,4)19(26)27)11-25-20(28)24(12-23-25)17-7-5-16(22)6-8-17/h5-10,12H,11H2,1-4H3,(H,26,27). The molecule has 1 heterocycles. The molecule has 3 rings (SSSR count). The molecule has 0 aliphatic heterocycles. The number of aromatic nitrogens is 3. The number of hydrogen-bond donors (Lipinski definition) is 1. The summed E-state index contributed by atoms with van der Waals surface area (Å²) < 4.78 is 8.54. The van der Waals surface area contributed by atoms with Crippen LogP contribution in [0.5, 0.6) is 5.75 Å². The Balaban J connectivity index is 1.87. The van der Waals surface area contributed by atoms with Crippen LogP contribution in [0.1, 0.15) is 30.5 Å². The van der Waals surface area contributed by atoms with Gasteiger partial charge >= 0.3 is 11.7 Å². The van der Waals surface area contributed by atoms with E-state index in [0.29, 0.717) is 16.5 Å². The van der Waals surface area contributed by atoms with Gasteiger partial charge in [0.25, 0.3) is 0 Å². The normalized spacial score (nSPS) is 11.5. The minimum Gasteiger partial charge on any atom is -0.478 e. The summed E-state index contributed by atoms with van der Waals surface area (Å²) in [7, 11) is 0. The number of hydrogen-bond acceptors (Lipinski definition) is 4. The first kappa shape index (κ1) is 20.7. The van der Waals surface area contributed by atoms with E-state index in [-0.39, 0.29) is 12.2 Å². The molecule has 0 amide bonds. The van der Waals surface area contributed by atoms with Gasteiger partial charge in [-0.3, -0.25) is 0 Å². The third-order valence-corrected chi connectivity index (χ3v) is 4.81. The molecule has 0 radical (unpaired) electrons. The average Bonchev–Trinajstić information content (AvgIpc) is 2.99. The molecule has 0 bridgehead atoms. The highest BCUT2D eigenvalue weighted by Gasteiger charge is 2.30. The lowest BCUT2D eigenvalue weighted by Gasteiger charge is -2.24. The monoisotopic (exact) mass is 415 g/mol. The Labute approximate surface area is 173 Å². The van der Waals surface area contributed by atoms with Crippen molar-refractivity contribution in [2.45, 2.75) is 39.8 Å². The van der Waals surface area contributed by atoms with Crippen molar-refractivity contribution in [3.8, 4) is 11.4 Å². The molecule has 0 aliphatic carbocycles. The fourth-order valence-electron chi connectivity index (χ4n) is 2.99. The van der Waals surface area contributed by atoms with E-state index < -0.39 is 11.6 Å². The zero-order valence-corrected chi connectivity index (χ0v) is 17.4. The highest BCUT2D eigenvalue weighted by atomic mass is 35.5. The first-order chi connectivity index (χ1) is 13.6. The quantitative estimate of drug-likeness (QED) is 0.664. The Morgan fingerprint density at radius 3 is 2.31 bits per heavy atom. The third-order valence-electron chi connectivity index (χ3n) is 4.56. The summed E-state index contributed by atoms with van der Waals surface area (Å²) in [5, 5.41) is 14.1. The number of aliphatic carboxylic acids is 1. The van der Waals surface area contributed by atoms with Crippen LogP contribution >= 0.6 is 11.6 Å². The van der Waals surface area contributed by atoms with Crippen molar-refractivity contribution in [3.63, 3.8) is 0 Å². The van der Waals surface area contributed by atoms with E-state index in [1.165, 1.54) is 29.4 Å². The number of aryl methyl sites for hydroxylation is 2. The third kappa shape index (κ3) is 4.35. The molecule has 0 aliphatic rings. The zero-order chi connectivity index (χ0) is 21.3. The largest absolute Gasteiger partial charge is 0.478 e. The molecule has 0 fully saturated rings. The maximum absolute atomic E-state index is 12.7. The van der Waals surface area contributed by atoms with Crippen molar-refractivity contribution < 1.29 is 14.6 Å². The minimum atomic E-state index is -1.34. The Hall–Kier alpha value is -3.06. The highest BCUT2D eigenvalue weighted by molar-refractivity contribution is 6.30. The van der Waals surface area contributed by atoms with Crippen molar-refractivity contribution in [1.82, 2.24) is 14.3 Å². The number of ether oxygens (including phenoxy) is 1. The van der Waals surface area contributed by atoms with E-state index in [4.69, 9.17) is 16.3 Å². The van der Waals surface area contributed by atoms with Crippen LogP contribution in [0, 0.1) is 13.8 Å². The maximum atomic E-state index is 12.7. The molecule has 0 unspecified atom stereocenters. The van der Waals surface area contributed by atoms with Crippen LogP contribution < -0.4 is 10.4 Å². The molecule has 8 heteroatoms. The van der Waals surface area contributed by atoms with E-state index in [2.05, 4.69) is 5.10 Å². The van der Waals surface area contributed by atoms with E-state index in [1.807, 2.05) is 26.0 Å². The second-order valence-corrected chi connectivity index (χ2v) is 7.83. The lowest BCUT2D eigenvalue weighted by Crippen LogP contribution is -2.38. The number of nitrogens with zero attached hydrogens (tertiary/aromatic N) is 3. The van der Waals surface area contributed by atoms with Crippen LogP contribution in [0.25, 0.3) is 5.69 Å². The summed E-state index contributed by atoms with van der Waals surface area (Å²) in [6, 6.07) is 10.7. The molecule has 0 saturated heterocycles. The second-order valence-electron chi connectivity index (χ2n) is 7.39. The van der Waals surface area contributed by atoms with Crippen LogP contribution in [0.2, 0.25) is 5.02 Å². The molecule has 2 aromatic carbocycles. The van der Waals surface area contributed by atoms with Crippen LogP contribution in [0.4, 0.5) is 0 Å². The Morgan fingerprint density at radius 2 is 1.76 bits per heavy atom. The van der Waals surface area contributed by atoms with Crippen molar-refractivity contribution in [2.24, 2.45) is 0 Å². The van der Waals surface area contributed by atoms with Crippen LogP contribution in [0.3, 0.4) is 0 Å². The highest BCUT2D eigenvalue weighted by Crippen LogP contribution is 2.29. The van der Waals surface area contributed by atoms with Gasteiger partial charge in [-0.05, 0) is 68.7 Å². The lowest BCUT2D eigenvalue weighted by atomic mass is 10.0. The van der Waals surface area contributed by atoms with Crippen LogP contribution in [-0.4, -0.2) is 31.0 Å². The predicted octanol–water partition coefficient (Wildman–Crippen LogP) is 3.59. The number of benzene rings is 2. The summed E-state index contributed by atoms with van der Waals surface area (Å²) >= 11 is 5.90. The maximum Gasteiger partial charge on any atom is 0.350 e. The Bertz CT molecular complexity index is 1090. The van der Waals surface area contributed by atoms with Gasteiger partial charge in [0.05, 0.1) is 12.2 Å². The molecule has 1 aromatic heterocycles. The Kier molecular flexibility index (Phi) is 5.53. The van der Waals surface area contributed by atoms with E-state index >= 15 is 0 Å². The van der Waals surface area contributed by atoms with Gasteiger partial charge in [0, 0.05) is 5.02 Å². The van der Waals surface area contributed by atoms with Gasteiger partial charge in [-0.15, -0.1) is 0 Å². The van der Waals surface area contributed by atoms with Crippen LogP contribution in [0.15, 0.2) is 47.5 Å². The van der Waals surface area contributed by atoms with Crippen molar-refractivity contribution in [2.75, 3.05) is 0 Å². The van der Waals surface area contributed by atoms with Gasteiger partial charge in [0.1, 0.15) is 12.1 Å². The number of carbonyl (C=O) groups is 1. The predicted molar refractivity (Wildman–Crippen MR) is 110 cm³/mol. The average molecular weight is 416 g/mol. The van der Waals surface area contributed by atoms with Gasteiger partial charge in [-0.2, -0.15) is 5.10 Å². The molecule has 3 aromatic rings. The Morgan fingerprint density at radius 1 is 1.17 bits per heavy atom. The molecule has 1 N–H and O–H groups in total. The van der Waals surface area contributed by atoms with Crippen molar-refractivity contribution >= 4 is 17.6 Å². The van der Waals surface area contributed by atoms with E-state index in [1.54, 1.807) is 24.3 Å². The van der Waals surface area contributed by atoms with Gasteiger partial charge in [0.2, 0.25) is 0 Å². The zero-order valence-electron chi connectivity index (χ0n) is 16.6. The molecule has 0 saturated carbocycles. The van der Waals surface area contributed by atoms with Crippen molar-refractivity contribution in [3.05, 3.63) is 74.9 Å². The number of rotatable bonds is 6. The fourth-order valence-corrected chi connectivity index (χ4v) is 3.11. The topological polar surface area (TPSA) is 86.4 Å². The SMILES string of the molecule is Cc1cc(Cn2ncn(-c3ccc(Cl)cc3)c2=O)cc(C)c1OC(C)(C)C(=O)O. The first-order valence-electron chi connectivity index (χ1n) is 9.01. The van der Waals surface area contributed by atoms with Gasteiger partial charge in [-0.25, -0.2) is 18.8 Å². The fraction of sp³-hybridized carbons (Fsp3) is 0.286. The molecule has 152 valence electrons. The number of halogens is 1. The first-order valence-corrected chi connectivity index (χ1v) is 9.39. The van der Waals surface area contributed by atoms with E-state index in [9.17, 15) is 14.7 Å². The summed E-state index contributed by atoms with van der Waals surface area (Å²) in [4.78, 5) is 24.0. The number of carboxylic acid groups (broad SMARTS) is 1. The molecule has 7 nitrogen and oxygen atoms in total. The van der Waals surface area contributed by atoms with Gasteiger partial charge < -0.3 is 9.84 Å². The summed E-state index contributed by atoms with van der Waals surface area (Å²) in [5.74, 6) is -0.514. The molecular formula is C21H22ClN3O4. The summed E-state index contributed by atoms with van der Waals surface area (Å²) in [6.45, 7) is 6.98. The summed E-state index contributed by atoms with van der Waals surface area (Å²) in [5.41, 5.74) is 1.52. The number of carboxylic acids is 1. The molecule has 0 spiro atoms. The van der Waals surface area contributed by atoms with Crippen LogP contribution in [-0.2, 0) is 11.3 Å². The summed E-state index contributed by atoms with van der Waals surface area (Å²) in [6.07, 6.45) is 1.47. The lowest BCUT2D eigenvalue weighted by molar-refractivity contribution is -0.152. The molecule has 0 atom stereocenters. The second kappa shape index (κ2) is 7.75. The molecular weight excluding hydrogens is 394 g/mol. The van der Waals surface area contributed by atoms with Crippen molar-refractivity contribution in [1.29, 1.82) is 0 Å². The smallest absolute Gasteiger partial charge is 0.350 e. The van der Waals surface area contributed by atoms with Gasteiger partial charge in [-0.1, -0.05) is 23.7 Å².